The molecule has 1 aromatic carbocycles. The van der Waals surface area contributed by atoms with Crippen LogP contribution in [-0.2, 0) is 13.0 Å². The predicted molar refractivity (Wildman–Crippen MR) is 81.6 cm³/mol. The largest absolute Gasteiger partial charge is 0.298 e. The predicted octanol–water partition coefficient (Wildman–Crippen LogP) is 2.80. The number of fused-ring (bicyclic) bond motifs is 1. The van der Waals surface area contributed by atoms with Gasteiger partial charge in [0.2, 0.25) is 0 Å². The van der Waals surface area contributed by atoms with Gasteiger partial charge in [0, 0.05) is 23.4 Å². The number of benzene rings is 1. The molecule has 0 N–H and O–H groups in total. The molecule has 100 valence electrons. The van der Waals surface area contributed by atoms with Crippen molar-refractivity contribution in [3.63, 3.8) is 0 Å². The van der Waals surface area contributed by atoms with Gasteiger partial charge in [-0.3, -0.25) is 14.3 Å². The van der Waals surface area contributed by atoms with E-state index >= 15 is 0 Å². The van der Waals surface area contributed by atoms with Gasteiger partial charge in [-0.05, 0) is 36.2 Å². The van der Waals surface area contributed by atoms with Gasteiger partial charge in [-0.25, -0.2) is 4.98 Å². The van der Waals surface area contributed by atoms with E-state index in [0.717, 1.165) is 16.5 Å². The second-order valence-electron chi connectivity index (χ2n) is 4.52. The molecule has 0 radical (unpaired) electrons. The summed E-state index contributed by atoms with van der Waals surface area (Å²) in [7, 11) is 0. The van der Waals surface area contributed by atoms with Crippen molar-refractivity contribution in [2.24, 2.45) is 0 Å². The molecule has 3 aromatic rings. The Kier molecular flexibility index (Phi) is 3.60. The second-order valence-corrected chi connectivity index (χ2v) is 5.43. The van der Waals surface area contributed by atoms with E-state index in [1.807, 2.05) is 30.5 Å². The maximum Gasteiger partial charge on any atom is 0.261 e. The third-order valence-corrected chi connectivity index (χ3v) is 3.64. The third-order valence-electron chi connectivity index (χ3n) is 3.15. The van der Waals surface area contributed by atoms with Crippen molar-refractivity contribution in [2.45, 2.75) is 13.0 Å². The molecular weight excluding hydrogens is 318 g/mol. The third kappa shape index (κ3) is 2.63. The van der Waals surface area contributed by atoms with Crippen molar-refractivity contribution < 1.29 is 0 Å². The summed E-state index contributed by atoms with van der Waals surface area (Å²) in [6.45, 7) is 0.601. The Morgan fingerprint density at radius 1 is 1.25 bits per heavy atom. The van der Waals surface area contributed by atoms with Gasteiger partial charge in [-0.1, -0.05) is 22.0 Å². The highest BCUT2D eigenvalue weighted by molar-refractivity contribution is 9.10. The van der Waals surface area contributed by atoms with Crippen LogP contribution in [-0.4, -0.2) is 14.5 Å². The van der Waals surface area contributed by atoms with E-state index in [2.05, 4.69) is 25.9 Å². The fourth-order valence-corrected chi connectivity index (χ4v) is 2.44. The standard InChI is InChI=1S/C15H12BrN3O/c16-12-3-4-13-14(8-12)18-10-19(15(13)20)7-5-11-2-1-6-17-9-11/h1-4,6,8-10H,5,7H2. The average molecular weight is 330 g/mol. The van der Waals surface area contributed by atoms with Gasteiger partial charge in [0.25, 0.3) is 5.56 Å². The Balaban J connectivity index is 1.91. The van der Waals surface area contributed by atoms with E-state index in [1.165, 1.54) is 0 Å². The average Bonchev–Trinajstić information content (AvgIpc) is 2.47. The molecule has 20 heavy (non-hydrogen) atoms. The van der Waals surface area contributed by atoms with Gasteiger partial charge in [0.15, 0.2) is 0 Å². The number of halogens is 1. The van der Waals surface area contributed by atoms with Crippen LogP contribution >= 0.6 is 15.9 Å². The molecule has 2 heterocycles. The topological polar surface area (TPSA) is 47.8 Å². The van der Waals surface area contributed by atoms with E-state index in [-0.39, 0.29) is 5.56 Å². The first-order valence-electron chi connectivity index (χ1n) is 6.27. The van der Waals surface area contributed by atoms with Crippen LogP contribution in [0.2, 0.25) is 0 Å². The maximum atomic E-state index is 12.4. The van der Waals surface area contributed by atoms with Crippen LogP contribution in [0.4, 0.5) is 0 Å². The minimum Gasteiger partial charge on any atom is -0.298 e. The van der Waals surface area contributed by atoms with Gasteiger partial charge in [-0.2, -0.15) is 0 Å². The first-order valence-corrected chi connectivity index (χ1v) is 7.07. The summed E-state index contributed by atoms with van der Waals surface area (Å²) in [6, 6.07) is 9.41. The molecule has 0 spiro atoms. The highest BCUT2D eigenvalue weighted by Crippen LogP contribution is 2.14. The molecule has 3 rings (SSSR count). The Labute approximate surface area is 124 Å². The number of aryl methyl sites for hydroxylation is 2. The molecule has 0 aliphatic heterocycles. The summed E-state index contributed by atoms with van der Waals surface area (Å²) in [4.78, 5) is 20.8. The fourth-order valence-electron chi connectivity index (χ4n) is 2.09. The molecule has 0 saturated heterocycles. The van der Waals surface area contributed by atoms with Crippen LogP contribution in [0, 0.1) is 0 Å². The van der Waals surface area contributed by atoms with Gasteiger partial charge in [0.05, 0.1) is 17.2 Å². The van der Waals surface area contributed by atoms with Crippen molar-refractivity contribution in [1.82, 2.24) is 14.5 Å². The van der Waals surface area contributed by atoms with Gasteiger partial charge in [0.1, 0.15) is 0 Å². The molecule has 0 amide bonds. The zero-order valence-corrected chi connectivity index (χ0v) is 12.2. The highest BCUT2D eigenvalue weighted by Gasteiger charge is 2.04. The minimum atomic E-state index is -0.00797. The first kappa shape index (κ1) is 13.0. The molecule has 0 aliphatic rings. The Hall–Kier alpha value is -2.01. The fraction of sp³-hybridized carbons (Fsp3) is 0.133. The number of aromatic nitrogens is 3. The lowest BCUT2D eigenvalue weighted by molar-refractivity contribution is 0.661. The maximum absolute atomic E-state index is 12.4. The lowest BCUT2D eigenvalue weighted by atomic mass is 10.2. The number of nitrogens with zero attached hydrogens (tertiary/aromatic N) is 3. The number of rotatable bonds is 3. The van der Waals surface area contributed by atoms with Crippen LogP contribution in [0.25, 0.3) is 10.9 Å². The first-order chi connectivity index (χ1) is 9.74. The smallest absolute Gasteiger partial charge is 0.261 e. The molecule has 4 nitrogen and oxygen atoms in total. The van der Waals surface area contributed by atoms with E-state index in [4.69, 9.17) is 0 Å². The highest BCUT2D eigenvalue weighted by atomic mass is 79.9. The molecule has 0 atom stereocenters. The van der Waals surface area contributed by atoms with Crippen molar-refractivity contribution >= 4 is 26.8 Å². The molecule has 0 unspecified atom stereocenters. The van der Waals surface area contributed by atoms with Crippen molar-refractivity contribution in [3.8, 4) is 0 Å². The summed E-state index contributed by atoms with van der Waals surface area (Å²) in [5.74, 6) is 0. The molecule has 2 aromatic heterocycles. The van der Waals surface area contributed by atoms with E-state index < -0.39 is 0 Å². The number of pyridine rings is 1. The SMILES string of the molecule is O=c1c2ccc(Br)cc2ncn1CCc1cccnc1. The summed E-state index contributed by atoms with van der Waals surface area (Å²) in [5.41, 5.74) is 1.81. The Morgan fingerprint density at radius 2 is 2.15 bits per heavy atom. The number of hydrogen-bond donors (Lipinski definition) is 0. The zero-order valence-electron chi connectivity index (χ0n) is 10.7. The molecule has 0 bridgehead atoms. The Bertz CT molecular complexity index is 799. The second kappa shape index (κ2) is 5.54. The minimum absolute atomic E-state index is 0.00797. The molecule has 0 aliphatic carbocycles. The monoisotopic (exact) mass is 329 g/mol. The van der Waals surface area contributed by atoms with E-state index in [0.29, 0.717) is 17.4 Å². The summed E-state index contributed by atoms with van der Waals surface area (Å²) in [6.07, 6.45) is 5.92. The van der Waals surface area contributed by atoms with Crippen LogP contribution < -0.4 is 5.56 Å². The van der Waals surface area contributed by atoms with Gasteiger partial charge >= 0.3 is 0 Å². The molecular formula is C15H12BrN3O. The molecule has 5 heteroatoms. The molecule has 0 fully saturated rings. The lowest BCUT2D eigenvalue weighted by Crippen LogP contribution is -2.21. The van der Waals surface area contributed by atoms with Crippen molar-refractivity contribution in [1.29, 1.82) is 0 Å². The van der Waals surface area contributed by atoms with Crippen molar-refractivity contribution in [3.05, 3.63) is 69.4 Å². The zero-order chi connectivity index (χ0) is 13.9. The summed E-state index contributed by atoms with van der Waals surface area (Å²) < 4.78 is 2.56. The quantitative estimate of drug-likeness (QED) is 0.742. The van der Waals surface area contributed by atoms with Crippen LogP contribution in [0.1, 0.15) is 5.56 Å². The van der Waals surface area contributed by atoms with Crippen LogP contribution in [0.3, 0.4) is 0 Å². The lowest BCUT2D eigenvalue weighted by Gasteiger charge is -2.06. The molecule has 0 saturated carbocycles. The summed E-state index contributed by atoms with van der Waals surface area (Å²) >= 11 is 3.38. The Morgan fingerprint density at radius 3 is 2.95 bits per heavy atom. The van der Waals surface area contributed by atoms with Gasteiger partial charge in [-0.15, -0.1) is 0 Å². The number of hydrogen-bond acceptors (Lipinski definition) is 3. The normalized spacial score (nSPS) is 10.8. The van der Waals surface area contributed by atoms with E-state index in [9.17, 15) is 4.79 Å². The van der Waals surface area contributed by atoms with Crippen LogP contribution in [0.5, 0.6) is 0 Å². The van der Waals surface area contributed by atoms with Crippen molar-refractivity contribution in [2.75, 3.05) is 0 Å². The summed E-state index contributed by atoms with van der Waals surface area (Å²) in [5, 5.41) is 0.641. The van der Waals surface area contributed by atoms with Gasteiger partial charge < -0.3 is 0 Å². The van der Waals surface area contributed by atoms with Crippen LogP contribution in [0.15, 0.2) is 58.3 Å². The van der Waals surface area contributed by atoms with E-state index in [1.54, 1.807) is 23.2 Å².